The summed E-state index contributed by atoms with van der Waals surface area (Å²) in [5.41, 5.74) is 3.43. The van der Waals surface area contributed by atoms with E-state index in [1.54, 1.807) is 6.92 Å². The fourth-order valence-electron chi connectivity index (χ4n) is 1.90. The van der Waals surface area contributed by atoms with E-state index in [1.165, 1.54) is 5.56 Å². The summed E-state index contributed by atoms with van der Waals surface area (Å²) in [6, 6.07) is 12.1. The van der Waals surface area contributed by atoms with Gasteiger partial charge in [0.25, 0.3) is 0 Å². The van der Waals surface area contributed by atoms with Crippen molar-refractivity contribution >= 4 is 27.5 Å². The van der Waals surface area contributed by atoms with Gasteiger partial charge in [0.05, 0.1) is 5.56 Å². The SMILES string of the molecule is CC(=N)c1c(Br)cc(C)nc1NCc1ccccc1. The number of pyridine rings is 1. The van der Waals surface area contributed by atoms with Gasteiger partial charge >= 0.3 is 0 Å². The monoisotopic (exact) mass is 317 g/mol. The zero-order valence-corrected chi connectivity index (χ0v) is 12.6. The summed E-state index contributed by atoms with van der Waals surface area (Å²) in [5.74, 6) is 0.753. The maximum atomic E-state index is 7.86. The van der Waals surface area contributed by atoms with Crippen LogP contribution in [0.3, 0.4) is 0 Å². The number of nitrogens with zero attached hydrogens (tertiary/aromatic N) is 1. The van der Waals surface area contributed by atoms with Crippen LogP contribution in [0, 0.1) is 12.3 Å². The smallest absolute Gasteiger partial charge is 0.136 e. The van der Waals surface area contributed by atoms with E-state index in [-0.39, 0.29) is 0 Å². The fraction of sp³-hybridized carbons (Fsp3) is 0.200. The molecule has 0 aliphatic carbocycles. The molecule has 98 valence electrons. The van der Waals surface area contributed by atoms with E-state index in [4.69, 9.17) is 5.41 Å². The highest BCUT2D eigenvalue weighted by Gasteiger charge is 2.11. The van der Waals surface area contributed by atoms with Crippen molar-refractivity contribution in [2.75, 3.05) is 5.32 Å². The Hall–Kier alpha value is -1.68. The molecule has 1 aromatic heterocycles. The fourth-order valence-corrected chi connectivity index (χ4v) is 2.72. The van der Waals surface area contributed by atoms with Crippen molar-refractivity contribution in [1.29, 1.82) is 5.41 Å². The van der Waals surface area contributed by atoms with E-state index in [2.05, 4.69) is 38.4 Å². The second-order valence-corrected chi connectivity index (χ2v) is 5.29. The maximum Gasteiger partial charge on any atom is 0.136 e. The molecule has 19 heavy (non-hydrogen) atoms. The Morgan fingerprint density at radius 2 is 2.00 bits per heavy atom. The number of rotatable bonds is 4. The summed E-state index contributed by atoms with van der Waals surface area (Å²) in [4.78, 5) is 4.49. The van der Waals surface area contributed by atoms with Crippen LogP contribution < -0.4 is 5.32 Å². The average molecular weight is 318 g/mol. The van der Waals surface area contributed by atoms with Gasteiger partial charge in [-0.3, -0.25) is 0 Å². The second-order valence-electron chi connectivity index (χ2n) is 4.43. The van der Waals surface area contributed by atoms with Gasteiger partial charge in [-0.1, -0.05) is 30.3 Å². The Bertz CT molecular complexity index is 594. The molecule has 0 spiro atoms. The first kappa shape index (κ1) is 13.7. The van der Waals surface area contributed by atoms with Crippen LogP contribution in [-0.4, -0.2) is 10.7 Å². The lowest BCUT2D eigenvalue weighted by atomic mass is 10.1. The quantitative estimate of drug-likeness (QED) is 0.832. The van der Waals surface area contributed by atoms with Gasteiger partial charge in [-0.05, 0) is 41.4 Å². The summed E-state index contributed by atoms with van der Waals surface area (Å²) in [7, 11) is 0. The minimum atomic E-state index is 0.495. The van der Waals surface area contributed by atoms with Crippen LogP contribution in [-0.2, 0) is 6.54 Å². The van der Waals surface area contributed by atoms with Crippen LogP contribution in [0.5, 0.6) is 0 Å². The first-order valence-electron chi connectivity index (χ1n) is 6.08. The van der Waals surface area contributed by atoms with Crippen molar-refractivity contribution in [3.63, 3.8) is 0 Å². The lowest BCUT2D eigenvalue weighted by Gasteiger charge is -2.13. The molecule has 0 bridgehead atoms. The van der Waals surface area contributed by atoms with E-state index in [0.29, 0.717) is 12.3 Å². The summed E-state index contributed by atoms with van der Waals surface area (Å²) in [5, 5.41) is 11.2. The van der Waals surface area contributed by atoms with Gasteiger partial charge in [-0.2, -0.15) is 0 Å². The van der Waals surface area contributed by atoms with E-state index in [9.17, 15) is 0 Å². The Morgan fingerprint density at radius 3 is 2.63 bits per heavy atom. The van der Waals surface area contributed by atoms with Crippen molar-refractivity contribution in [2.45, 2.75) is 20.4 Å². The van der Waals surface area contributed by atoms with Gasteiger partial charge in [0, 0.05) is 22.4 Å². The zero-order valence-electron chi connectivity index (χ0n) is 11.0. The Labute approximate surface area is 121 Å². The molecule has 0 aliphatic rings. The van der Waals surface area contributed by atoms with Crippen molar-refractivity contribution in [3.05, 3.63) is 57.7 Å². The van der Waals surface area contributed by atoms with Crippen LogP contribution >= 0.6 is 15.9 Å². The molecular weight excluding hydrogens is 302 g/mol. The Morgan fingerprint density at radius 1 is 1.32 bits per heavy atom. The van der Waals surface area contributed by atoms with E-state index in [1.807, 2.05) is 31.2 Å². The molecule has 0 amide bonds. The van der Waals surface area contributed by atoms with Crippen LogP contribution in [0.15, 0.2) is 40.9 Å². The number of hydrogen-bond donors (Lipinski definition) is 2. The van der Waals surface area contributed by atoms with Crippen LogP contribution in [0.2, 0.25) is 0 Å². The van der Waals surface area contributed by atoms with Gasteiger partial charge in [-0.25, -0.2) is 4.98 Å². The predicted molar refractivity (Wildman–Crippen MR) is 82.9 cm³/mol. The number of nitrogens with one attached hydrogen (secondary N) is 2. The summed E-state index contributed by atoms with van der Waals surface area (Å²) >= 11 is 3.50. The standard InChI is InChI=1S/C15H16BrN3/c1-10-8-13(16)14(11(2)17)15(19-10)18-9-12-6-4-3-5-7-12/h3-8,17H,9H2,1-2H3,(H,18,19). The van der Waals surface area contributed by atoms with Gasteiger partial charge in [-0.15, -0.1) is 0 Å². The summed E-state index contributed by atoms with van der Waals surface area (Å²) in [6.45, 7) is 4.41. The number of benzene rings is 1. The highest BCUT2D eigenvalue weighted by atomic mass is 79.9. The molecule has 4 heteroatoms. The van der Waals surface area contributed by atoms with Crippen LogP contribution in [0.4, 0.5) is 5.82 Å². The molecule has 0 radical (unpaired) electrons. The molecular formula is C15H16BrN3. The number of anilines is 1. The van der Waals surface area contributed by atoms with E-state index >= 15 is 0 Å². The van der Waals surface area contributed by atoms with E-state index < -0.39 is 0 Å². The average Bonchev–Trinajstić information content (AvgIpc) is 2.36. The number of halogens is 1. The molecule has 3 nitrogen and oxygen atoms in total. The molecule has 0 atom stereocenters. The third kappa shape index (κ3) is 3.41. The Balaban J connectivity index is 2.27. The molecule has 0 saturated heterocycles. The summed E-state index contributed by atoms with van der Waals surface area (Å²) < 4.78 is 0.906. The third-order valence-corrected chi connectivity index (χ3v) is 3.40. The third-order valence-electron chi connectivity index (χ3n) is 2.78. The molecule has 2 rings (SSSR count). The predicted octanol–water partition coefficient (Wildman–Crippen LogP) is 4.15. The molecule has 2 N–H and O–H groups in total. The van der Waals surface area contributed by atoms with Gasteiger partial charge in [0.1, 0.15) is 5.82 Å². The first-order valence-corrected chi connectivity index (χ1v) is 6.87. The van der Waals surface area contributed by atoms with Gasteiger partial charge in [0.2, 0.25) is 0 Å². The normalized spacial score (nSPS) is 10.3. The lowest BCUT2D eigenvalue weighted by molar-refractivity contribution is 1.08. The first-order chi connectivity index (χ1) is 9.08. The minimum absolute atomic E-state index is 0.495. The topological polar surface area (TPSA) is 48.8 Å². The molecule has 0 saturated carbocycles. The van der Waals surface area contributed by atoms with Crippen molar-refractivity contribution in [1.82, 2.24) is 4.98 Å². The highest BCUT2D eigenvalue weighted by Crippen LogP contribution is 2.25. The van der Waals surface area contributed by atoms with Crippen molar-refractivity contribution in [2.24, 2.45) is 0 Å². The van der Waals surface area contributed by atoms with Gasteiger partial charge < -0.3 is 10.7 Å². The summed E-state index contributed by atoms with van der Waals surface area (Å²) in [6.07, 6.45) is 0. The maximum absolute atomic E-state index is 7.86. The molecule has 1 aromatic carbocycles. The number of aromatic nitrogens is 1. The van der Waals surface area contributed by atoms with Gasteiger partial charge in [0.15, 0.2) is 0 Å². The number of aryl methyl sites for hydroxylation is 1. The van der Waals surface area contributed by atoms with Crippen LogP contribution in [0.1, 0.15) is 23.7 Å². The Kier molecular flexibility index (Phi) is 4.32. The lowest BCUT2D eigenvalue weighted by Crippen LogP contribution is -2.08. The molecule has 0 aliphatic heterocycles. The van der Waals surface area contributed by atoms with E-state index in [0.717, 1.165) is 21.5 Å². The second kappa shape index (κ2) is 5.97. The largest absolute Gasteiger partial charge is 0.365 e. The van der Waals surface area contributed by atoms with Crippen molar-refractivity contribution < 1.29 is 0 Å². The highest BCUT2D eigenvalue weighted by molar-refractivity contribution is 9.10. The minimum Gasteiger partial charge on any atom is -0.365 e. The molecule has 0 fully saturated rings. The molecule has 1 heterocycles. The molecule has 2 aromatic rings. The zero-order chi connectivity index (χ0) is 13.8. The number of hydrogen-bond acceptors (Lipinski definition) is 3. The van der Waals surface area contributed by atoms with Crippen molar-refractivity contribution in [3.8, 4) is 0 Å². The molecule has 0 unspecified atom stereocenters. The van der Waals surface area contributed by atoms with Crippen LogP contribution in [0.25, 0.3) is 0 Å².